The summed E-state index contributed by atoms with van der Waals surface area (Å²) in [7, 11) is 0. The molecule has 3 rings (SSSR count). The minimum Gasteiger partial charge on any atom is -0.352 e. The first-order chi connectivity index (χ1) is 13.5. The molecule has 2 aromatic rings. The summed E-state index contributed by atoms with van der Waals surface area (Å²) in [5.41, 5.74) is 3.03. The maximum atomic E-state index is 12.4. The summed E-state index contributed by atoms with van der Waals surface area (Å²) >= 11 is 2.26. The molecule has 0 spiro atoms. The van der Waals surface area contributed by atoms with Gasteiger partial charge >= 0.3 is 0 Å². The molecule has 148 valence electrons. The molecule has 5 nitrogen and oxygen atoms in total. The number of benzene rings is 2. The molecule has 0 unspecified atom stereocenters. The number of piperidine rings is 1. The molecule has 0 bridgehead atoms. The van der Waals surface area contributed by atoms with Crippen molar-refractivity contribution >= 4 is 40.1 Å². The monoisotopic (exact) mass is 491 g/mol. The number of hydrogen-bond acceptors (Lipinski definition) is 3. The first kappa shape index (κ1) is 20.8. The SMILES string of the molecule is Cc1cc(I)ccc1NC(=O)CN1CCC(C(=O)NCc2ccccc2)CC1. The van der Waals surface area contributed by atoms with Gasteiger partial charge in [-0.15, -0.1) is 0 Å². The van der Waals surface area contributed by atoms with Crippen molar-refractivity contribution in [3.63, 3.8) is 0 Å². The molecule has 1 fully saturated rings. The fourth-order valence-corrected chi connectivity index (χ4v) is 4.09. The average Bonchev–Trinajstić information content (AvgIpc) is 2.69. The number of carbonyl (C=O) groups excluding carboxylic acids is 2. The van der Waals surface area contributed by atoms with Crippen molar-refractivity contribution in [3.8, 4) is 0 Å². The number of aryl methyl sites for hydroxylation is 1. The highest BCUT2D eigenvalue weighted by atomic mass is 127. The Bertz CT molecular complexity index is 818. The number of nitrogens with one attached hydrogen (secondary N) is 2. The van der Waals surface area contributed by atoms with Crippen LogP contribution in [0.3, 0.4) is 0 Å². The number of carbonyl (C=O) groups is 2. The van der Waals surface area contributed by atoms with Gasteiger partial charge in [0.1, 0.15) is 0 Å². The second-order valence-electron chi connectivity index (χ2n) is 7.26. The molecule has 2 aromatic carbocycles. The van der Waals surface area contributed by atoms with Gasteiger partial charge < -0.3 is 10.6 Å². The molecule has 1 heterocycles. The zero-order valence-electron chi connectivity index (χ0n) is 16.1. The molecular weight excluding hydrogens is 465 g/mol. The number of likely N-dealkylation sites (tertiary alicyclic amines) is 1. The van der Waals surface area contributed by atoms with E-state index in [1.165, 1.54) is 0 Å². The van der Waals surface area contributed by atoms with Crippen LogP contribution in [0.25, 0.3) is 0 Å². The normalized spacial score (nSPS) is 15.2. The summed E-state index contributed by atoms with van der Waals surface area (Å²) in [5.74, 6) is 0.139. The Morgan fingerprint density at radius 3 is 2.50 bits per heavy atom. The summed E-state index contributed by atoms with van der Waals surface area (Å²) < 4.78 is 1.15. The predicted molar refractivity (Wildman–Crippen MR) is 120 cm³/mol. The van der Waals surface area contributed by atoms with Crippen molar-refractivity contribution in [3.05, 3.63) is 63.2 Å². The Morgan fingerprint density at radius 2 is 1.82 bits per heavy atom. The Hall–Kier alpha value is -1.93. The van der Waals surface area contributed by atoms with E-state index >= 15 is 0 Å². The third-order valence-electron chi connectivity index (χ3n) is 5.10. The lowest BCUT2D eigenvalue weighted by Gasteiger charge is -2.30. The van der Waals surface area contributed by atoms with Crippen LogP contribution < -0.4 is 10.6 Å². The van der Waals surface area contributed by atoms with Crippen LogP contribution in [0, 0.1) is 16.4 Å². The van der Waals surface area contributed by atoms with Crippen LogP contribution >= 0.6 is 22.6 Å². The third-order valence-corrected chi connectivity index (χ3v) is 5.77. The van der Waals surface area contributed by atoms with Gasteiger partial charge in [-0.2, -0.15) is 0 Å². The summed E-state index contributed by atoms with van der Waals surface area (Å²) in [6.07, 6.45) is 1.58. The van der Waals surface area contributed by atoms with E-state index in [4.69, 9.17) is 0 Å². The van der Waals surface area contributed by atoms with Crippen LogP contribution in [-0.4, -0.2) is 36.3 Å². The van der Waals surface area contributed by atoms with Crippen molar-refractivity contribution in [2.75, 3.05) is 25.0 Å². The lowest BCUT2D eigenvalue weighted by atomic mass is 9.96. The summed E-state index contributed by atoms with van der Waals surface area (Å²) in [4.78, 5) is 26.9. The van der Waals surface area contributed by atoms with Crippen molar-refractivity contribution in [1.82, 2.24) is 10.2 Å². The van der Waals surface area contributed by atoms with E-state index < -0.39 is 0 Å². The maximum Gasteiger partial charge on any atom is 0.238 e. The second-order valence-corrected chi connectivity index (χ2v) is 8.51. The highest BCUT2D eigenvalue weighted by molar-refractivity contribution is 14.1. The van der Waals surface area contributed by atoms with Crippen LogP contribution in [0.5, 0.6) is 0 Å². The molecule has 1 aliphatic rings. The number of anilines is 1. The van der Waals surface area contributed by atoms with Crippen LogP contribution in [-0.2, 0) is 16.1 Å². The summed E-state index contributed by atoms with van der Waals surface area (Å²) in [6.45, 7) is 4.46. The summed E-state index contributed by atoms with van der Waals surface area (Å²) in [5, 5.41) is 6.02. The zero-order chi connectivity index (χ0) is 19.9. The van der Waals surface area contributed by atoms with Crippen molar-refractivity contribution in [1.29, 1.82) is 0 Å². The standard InChI is InChI=1S/C22H26IN3O2/c1-16-13-19(23)7-8-20(16)25-21(27)15-26-11-9-18(10-12-26)22(28)24-14-17-5-3-2-4-6-17/h2-8,13,18H,9-12,14-15H2,1H3,(H,24,28)(H,25,27). The van der Waals surface area contributed by atoms with Gasteiger partial charge in [-0.1, -0.05) is 30.3 Å². The highest BCUT2D eigenvalue weighted by Crippen LogP contribution is 2.19. The van der Waals surface area contributed by atoms with E-state index in [1.807, 2.05) is 49.4 Å². The first-order valence-electron chi connectivity index (χ1n) is 9.61. The molecule has 0 saturated carbocycles. The van der Waals surface area contributed by atoms with Crippen LogP contribution in [0.4, 0.5) is 5.69 Å². The smallest absolute Gasteiger partial charge is 0.238 e. The van der Waals surface area contributed by atoms with Crippen LogP contribution in [0.1, 0.15) is 24.0 Å². The summed E-state index contributed by atoms with van der Waals surface area (Å²) in [6, 6.07) is 15.9. The second kappa shape index (κ2) is 10.0. The van der Waals surface area contributed by atoms with E-state index in [1.54, 1.807) is 0 Å². The molecule has 0 aromatic heterocycles. The molecule has 2 amide bonds. The maximum absolute atomic E-state index is 12.4. The highest BCUT2D eigenvalue weighted by Gasteiger charge is 2.25. The molecule has 6 heteroatoms. The van der Waals surface area contributed by atoms with Gasteiger partial charge in [0.2, 0.25) is 11.8 Å². The minimum absolute atomic E-state index is 0.00344. The van der Waals surface area contributed by atoms with Gasteiger partial charge in [0.15, 0.2) is 0 Å². The minimum atomic E-state index is -0.00344. The van der Waals surface area contributed by atoms with Crippen LogP contribution in [0.2, 0.25) is 0 Å². The Balaban J connectivity index is 1.41. The largest absolute Gasteiger partial charge is 0.352 e. The van der Waals surface area contributed by atoms with E-state index in [0.29, 0.717) is 13.1 Å². The number of amides is 2. The van der Waals surface area contributed by atoms with Crippen LogP contribution in [0.15, 0.2) is 48.5 Å². The van der Waals surface area contributed by atoms with Crippen molar-refractivity contribution in [2.24, 2.45) is 5.92 Å². The van der Waals surface area contributed by atoms with Gasteiger partial charge in [0.25, 0.3) is 0 Å². The van der Waals surface area contributed by atoms with Gasteiger partial charge in [-0.05, 0) is 84.8 Å². The van der Waals surface area contributed by atoms with Gasteiger partial charge in [-0.3, -0.25) is 14.5 Å². The molecule has 2 N–H and O–H groups in total. The fourth-order valence-electron chi connectivity index (χ4n) is 3.44. The van der Waals surface area contributed by atoms with E-state index in [-0.39, 0.29) is 17.7 Å². The Morgan fingerprint density at radius 1 is 1.11 bits per heavy atom. The van der Waals surface area contributed by atoms with E-state index in [9.17, 15) is 9.59 Å². The quantitative estimate of drug-likeness (QED) is 0.608. The van der Waals surface area contributed by atoms with Crippen molar-refractivity contribution < 1.29 is 9.59 Å². The number of nitrogens with zero attached hydrogens (tertiary/aromatic N) is 1. The molecule has 1 aliphatic heterocycles. The lowest BCUT2D eigenvalue weighted by molar-refractivity contribution is -0.126. The van der Waals surface area contributed by atoms with E-state index in [0.717, 1.165) is 46.3 Å². The topological polar surface area (TPSA) is 61.4 Å². The molecule has 0 atom stereocenters. The zero-order valence-corrected chi connectivity index (χ0v) is 18.2. The van der Waals surface area contributed by atoms with Gasteiger partial charge in [0.05, 0.1) is 6.54 Å². The Labute approximate surface area is 180 Å². The molecule has 0 radical (unpaired) electrons. The lowest BCUT2D eigenvalue weighted by Crippen LogP contribution is -2.43. The molecule has 0 aliphatic carbocycles. The Kier molecular flexibility index (Phi) is 7.44. The average molecular weight is 491 g/mol. The van der Waals surface area contributed by atoms with Crippen molar-refractivity contribution in [2.45, 2.75) is 26.3 Å². The number of rotatable bonds is 6. The van der Waals surface area contributed by atoms with Gasteiger partial charge in [0, 0.05) is 21.7 Å². The predicted octanol–water partition coefficient (Wildman–Crippen LogP) is 3.57. The molecular formula is C22H26IN3O2. The number of halogens is 1. The van der Waals surface area contributed by atoms with Gasteiger partial charge in [-0.25, -0.2) is 0 Å². The van der Waals surface area contributed by atoms with E-state index in [2.05, 4.69) is 44.2 Å². The molecule has 1 saturated heterocycles. The fraction of sp³-hybridized carbons (Fsp3) is 0.364. The molecule has 28 heavy (non-hydrogen) atoms. The number of hydrogen-bond donors (Lipinski definition) is 2. The first-order valence-corrected chi connectivity index (χ1v) is 10.7. The third kappa shape index (κ3) is 6.04.